The molecule has 1 saturated carbocycles. The van der Waals surface area contributed by atoms with Crippen molar-refractivity contribution >= 4 is 11.6 Å². The summed E-state index contributed by atoms with van der Waals surface area (Å²) in [5, 5.41) is 3.35. The van der Waals surface area contributed by atoms with Crippen LogP contribution in [0.25, 0.3) is 0 Å². The summed E-state index contributed by atoms with van der Waals surface area (Å²) in [5.74, 6) is 0.517. The number of para-hydroxylation sites is 1. The van der Waals surface area contributed by atoms with E-state index < -0.39 is 0 Å². The predicted octanol–water partition coefficient (Wildman–Crippen LogP) is 4.13. The van der Waals surface area contributed by atoms with Gasteiger partial charge in [0.15, 0.2) is 0 Å². The topological polar surface area (TPSA) is 32.3 Å². The van der Waals surface area contributed by atoms with Crippen molar-refractivity contribution in [1.82, 2.24) is 5.32 Å². The Bertz CT molecular complexity index is 472. The first-order valence-electron chi connectivity index (χ1n) is 9.43. The number of nitrogens with one attached hydrogen (secondary N) is 1. The van der Waals surface area contributed by atoms with Gasteiger partial charge >= 0.3 is 0 Å². The highest BCUT2D eigenvalue weighted by Gasteiger charge is 2.26. The molecular formula is C20H30N2O. The standard InChI is InChI=1S/C20H30N2O/c23-20(21-18-9-5-2-1-3-6-10-18)17-13-15-22(16-14-17)19-11-7-4-8-12-19/h4,7-8,11-12,17-18H,1-3,5-6,9-10,13-16H2,(H,21,23). The molecule has 0 bridgehead atoms. The van der Waals surface area contributed by atoms with E-state index in [1.807, 2.05) is 0 Å². The Morgan fingerprint density at radius 3 is 2.13 bits per heavy atom. The van der Waals surface area contributed by atoms with Crippen molar-refractivity contribution in [3.8, 4) is 0 Å². The number of amides is 1. The maximum atomic E-state index is 12.6. The molecule has 1 amide bonds. The number of nitrogens with zero attached hydrogens (tertiary/aromatic N) is 1. The molecule has 1 aliphatic heterocycles. The molecule has 1 aromatic rings. The number of benzene rings is 1. The SMILES string of the molecule is O=C(NC1CCCCCCC1)C1CCN(c2ccccc2)CC1. The van der Waals surface area contributed by atoms with Crippen LogP contribution in [-0.4, -0.2) is 25.0 Å². The zero-order valence-electron chi connectivity index (χ0n) is 14.2. The highest BCUT2D eigenvalue weighted by atomic mass is 16.1. The number of carbonyl (C=O) groups is 1. The molecule has 0 unspecified atom stereocenters. The van der Waals surface area contributed by atoms with Crippen LogP contribution in [0.1, 0.15) is 57.8 Å². The smallest absolute Gasteiger partial charge is 0.223 e. The normalized spacial score (nSPS) is 21.5. The van der Waals surface area contributed by atoms with Gasteiger partial charge in [-0.2, -0.15) is 0 Å². The maximum Gasteiger partial charge on any atom is 0.223 e. The van der Waals surface area contributed by atoms with Gasteiger partial charge < -0.3 is 10.2 Å². The quantitative estimate of drug-likeness (QED) is 0.909. The Balaban J connectivity index is 1.46. The lowest BCUT2D eigenvalue weighted by atomic mass is 9.93. The van der Waals surface area contributed by atoms with Gasteiger partial charge in [-0.1, -0.05) is 50.3 Å². The monoisotopic (exact) mass is 314 g/mol. The minimum atomic E-state index is 0.209. The average Bonchev–Trinajstić information content (AvgIpc) is 2.58. The Kier molecular flexibility index (Phi) is 5.95. The molecule has 23 heavy (non-hydrogen) atoms. The van der Waals surface area contributed by atoms with Gasteiger partial charge in [0.05, 0.1) is 0 Å². The Hall–Kier alpha value is -1.51. The number of hydrogen-bond acceptors (Lipinski definition) is 2. The first-order chi connectivity index (χ1) is 11.3. The Morgan fingerprint density at radius 2 is 1.48 bits per heavy atom. The summed E-state index contributed by atoms with van der Waals surface area (Å²) in [4.78, 5) is 15.0. The van der Waals surface area contributed by atoms with Crippen molar-refractivity contribution in [1.29, 1.82) is 0 Å². The predicted molar refractivity (Wildman–Crippen MR) is 95.6 cm³/mol. The number of piperidine rings is 1. The lowest BCUT2D eigenvalue weighted by molar-refractivity contribution is -0.126. The van der Waals surface area contributed by atoms with E-state index in [0.717, 1.165) is 25.9 Å². The number of rotatable bonds is 3. The van der Waals surface area contributed by atoms with Crippen molar-refractivity contribution < 1.29 is 4.79 Å². The zero-order valence-corrected chi connectivity index (χ0v) is 14.2. The summed E-state index contributed by atoms with van der Waals surface area (Å²) in [6.07, 6.45) is 10.9. The van der Waals surface area contributed by atoms with E-state index in [4.69, 9.17) is 0 Å². The van der Waals surface area contributed by atoms with E-state index in [1.54, 1.807) is 0 Å². The van der Waals surface area contributed by atoms with E-state index in [-0.39, 0.29) is 5.92 Å². The van der Waals surface area contributed by atoms with Gasteiger partial charge in [0.1, 0.15) is 0 Å². The average molecular weight is 314 g/mol. The minimum Gasteiger partial charge on any atom is -0.371 e. The summed E-state index contributed by atoms with van der Waals surface area (Å²) in [7, 11) is 0. The molecule has 1 aliphatic carbocycles. The number of hydrogen-bond donors (Lipinski definition) is 1. The highest BCUT2D eigenvalue weighted by molar-refractivity contribution is 5.79. The van der Waals surface area contributed by atoms with Crippen LogP contribution >= 0.6 is 0 Å². The van der Waals surface area contributed by atoms with E-state index in [1.165, 1.54) is 50.6 Å². The van der Waals surface area contributed by atoms with Crippen LogP contribution in [0.3, 0.4) is 0 Å². The molecule has 3 heteroatoms. The van der Waals surface area contributed by atoms with Crippen molar-refractivity contribution in [2.24, 2.45) is 5.92 Å². The minimum absolute atomic E-state index is 0.209. The second-order valence-electron chi connectivity index (χ2n) is 7.15. The van der Waals surface area contributed by atoms with Crippen molar-refractivity contribution in [3.63, 3.8) is 0 Å². The van der Waals surface area contributed by atoms with E-state index in [2.05, 4.69) is 40.5 Å². The van der Waals surface area contributed by atoms with Gasteiger partial charge in [-0.15, -0.1) is 0 Å². The van der Waals surface area contributed by atoms with Gasteiger partial charge in [0.25, 0.3) is 0 Å². The third-order valence-electron chi connectivity index (χ3n) is 5.44. The number of anilines is 1. The fourth-order valence-electron chi connectivity index (χ4n) is 3.96. The van der Waals surface area contributed by atoms with E-state index in [0.29, 0.717) is 11.9 Å². The van der Waals surface area contributed by atoms with Crippen molar-refractivity contribution in [3.05, 3.63) is 30.3 Å². The van der Waals surface area contributed by atoms with Gasteiger partial charge in [-0.05, 0) is 37.8 Å². The molecule has 126 valence electrons. The number of carbonyl (C=O) groups excluding carboxylic acids is 1. The maximum absolute atomic E-state index is 12.6. The Labute approximate surface area is 140 Å². The van der Waals surface area contributed by atoms with Gasteiger partial charge in [0.2, 0.25) is 5.91 Å². The van der Waals surface area contributed by atoms with Gasteiger partial charge in [0, 0.05) is 30.7 Å². The summed E-state index contributed by atoms with van der Waals surface area (Å²) < 4.78 is 0. The third kappa shape index (κ3) is 4.73. The fraction of sp³-hybridized carbons (Fsp3) is 0.650. The summed E-state index contributed by atoms with van der Waals surface area (Å²) in [5.41, 5.74) is 1.28. The summed E-state index contributed by atoms with van der Waals surface area (Å²) in [6, 6.07) is 11.0. The van der Waals surface area contributed by atoms with Crippen LogP contribution in [0.2, 0.25) is 0 Å². The van der Waals surface area contributed by atoms with E-state index >= 15 is 0 Å². The van der Waals surface area contributed by atoms with Gasteiger partial charge in [-0.3, -0.25) is 4.79 Å². The molecular weight excluding hydrogens is 284 g/mol. The Morgan fingerprint density at radius 1 is 0.870 bits per heavy atom. The van der Waals surface area contributed by atoms with Crippen molar-refractivity contribution in [2.45, 2.75) is 63.8 Å². The second kappa shape index (κ2) is 8.37. The van der Waals surface area contributed by atoms with Crippen LogP contribution in [0.5, 0.6) is 0 Å². The molecule has 1 N–H and O–H groups in total. The summed E-state index contributed by atoms with van der Waals surface area (Å²) >= 11 is 0. The van der Waals surface area contributed by atoms with Crippen LogP contribution in [0, 0.1) is 5.92 Å². The first kappa shape index (κ1) is 16.4. The fourth-order valence-corrected chi connectivity index (χ4v) is 3.96. The molecule has 1 heterocycles. The van der Waals surface area contributed by atoms with Crippen LogP contribution in [-0.2, 0) is 4.79 Å². The molecule has 2 aliphatic rings. The van der Waals surface area contributed by atoms with E-state index in [9.17, 15) is 4.79 Å². The van der Waals surface area contributed by atoms with Crippen molar-refractivity contribution in [2.75, 3.05) is 18.0 Å². The summed E-state index contributed by atoms with van der Waals surface area (Å²) in [6.45, 7) is 1.99. The first-order valence-corrected chi connectivity index (χ1v) is 9.43. The second-order valence-corrected chi connectivity index (χ2v) is 7.15. The van der Waals surface area contributed by atoms with Gasteiger partial charge in [-0.25, -0.2) is 0 Å². The molecule has 3 nitrogen and oxygen atoms in total. The van der Waals surface area contributed by atoms with Crippen LogP contribution < -0.4 is 10.2 Å². The molecule has 0 aromatic heterocycles. The molecule has 1 saturated heterocycles. The molecule has 0 radical (unpaired) electrons. The molecule has 0 spiro atoms. The molecule has 2 fully saturated rings. The highest BCUT2D eigenvalue weighted by Crippen LogP contribution is 2.24. The largest absolute Gasteiger partial charge is 0.371 e. The molecule has 1 aromatic carbocycles. The third-order valence-corrected chi connectivity index (χ3v) is 5.44. The molecule has 0 atom stereocenters. The van der Waals surface area contributed by atoms with Crippen LogP contribution in [0.15, 0.2) is 30.3 Å². The molecule has 3 rings (SSSR count). The lowest BCUT2D eigenvalue weighted by Crippen LogP contribution is -2.44. The lowest BCUT2D eigenvalue weighted by Gasteiger charge is -2.34. The zero-order chi connectivity index (χ0) is 15.9. The van der Waals surface area contributed by atoms with Crippen LogP contribution in [0.4, 0.5) is 5.69 Å².